The van der Waals surface area contributed by atoms with Gasteiger partial charge in [0.1, 0.15) is 5.65 Å². The van der Waals surface area contributed by atoms with Crippen molar-refractivity contribution in [3.8, 4) is 0 Å². The molecule has 2 aromatic rings. The van der Waals surface area contributed by atoms with E-state index >= 15 is 0 Å². The van der Waals surface area contributed by atoms with E-state index in [1.54, 1.807) is 0 Å². The number of carbonyl (C=O) groups is 1. The van der Waals surface area contributed by atoms with Crippen LogP contribution in [0.5, 0.6) is 0 Å². The third-order valence-corrected chi connectivity index (χ3v) is 3.57. The van der Waals surface area contributed by atoms with Crippen molar-refractivity contribution in [2.45, 2.75) is 6.92 Å². The van der Waals surface area contributed by atoms with Gasteiger partial charge in [-0.25, -0.2) is 9.78 Å². The van der Waals surface area contributed by atoms with Gasteiger partial charge in [0.05, 0.1) is 10.9 Å². The first-order chi connectivity index (χ1) is 10.4. The summed E-state index contributed by atoms with van der Waals surface area (Å²) >= 11 is 0. The number of carbonyl (C=O) groups excluding carboxylic acids is 1. The minimum Gasteiger partial charge on any atom is -0.352 e. The normalized spacial score (nSPS) is 11.3. The first-order valence-electron chi connectivity index (χ1n) is 6.90. The van der Waals surface area contributed by atoms with E-state index in [2.05, 4.69) is 10.3 Å². The second-order valence-corrected chi connectivity index (χ2v) is 5.35. The number of nitrogens with two attached hydrogens (primary N) is 1. The van der Waals surface area contributed by atoms with Gasteiger partial charge in [0.2, 0.25) is 0 Å². The molecule has 0 aliphatic carbocycles. The largest absolute Gasteiger partial charge is 0.352 e. The molecule has 0 fully saturated rings. The van der Waals surface area contributed by atoms with Gasteiger partial charge in [0.25, 0.3) is 11.5 Å². The zero-order valence-corrected chi connectivity index (χ0v) is 15.2. The Kier molecular flexibility index (Phi) is 8.12. The third kappa shape index (κ3) is 4.14. The van der Waals surface area contributed by atoms with Crippen LogP contribution in [0, 0.1) is 5.92 Å². The second kappa shape index (κ2) is 8.81. The van der Waals surface area contributed by atoms with Crippen LogP contribution in [0.25, 0.3) is 11.0 Å². The molecular weight excluding hydrogens is 357 g/mol. The van der Waals surface area contributed by atoms with Gasteiger partial charge in [0, 0.05) is 26.8 Å². The maximum absolute atomic E-state index is 12.1. The monoisotopic (exact) mass is 377 g/mol. The summed E-state index contributed by atoms with van der Waals surface area (Å²) in [7, 11) is 2.92. The minimum absolute atomic E-state index is 0. The van der Waals surface area contributed by atoms with Gasteiger partial charge in [-0.1, -0.05) is 6.92 Å². The molecule has 24 heavy (non-hydrogen) atoms. The van der Waals surface area contributed by atoms with Crippen molar-refractivity contribution >= 4 is 41.8 Å². The first-order valence-corrected chi connectivity index (χ1v) is 6.90. The summed E-state index contributed by atoms with van der Waals surface area (Å²) in [5.41, 5.74) is 5.08. The third-order valence-electron chi connectivity index (χ3n) is 3.57. The number of halogens is 2. The molecule has 0 aliphatic heterocycles. The zero-order chi connectivity index (χ0) is 16.4. The Hall–Kier alpha value is -1.90. The predicted octanol–water partition coefficient (Wildman–Crippen LogP) is -0.200. The average molecular weight is 378 g/mol. The molecule has 1 atom stereocenters. The van der Waals surface area contributed by atoms with E-state index in [4.69, 9.17) is 5.73 Å². The lowest BCUT2D eigenvalue weighted by Crippen LogP contribution is -2.37. The molecule has 134 valence electrons. The lowest BCUT2D eigenvalue weighted by Gasteiger charge is -2.11. The van der Waals surface area contributed by atoms with Crippen LogP contribution < -0.4 is 22.3 Å². The molecule has 0 spiro atoms. The number of hydrogen-bond donors (Lipinski definition) is 2. The van der Waals surface area contributed by atoms with E-state index in [0.29, 0.717) is 13.1 Å². The van der Waals surface area contributed by atoms with Crippen LogP contribution in [0.15, 0.2) is 21.9 Å². The summed E-state index contributed by atoms with van der Waals surface area (Å²) in [5, 5.41) is 2.96. The van der Waals surface area contributed by atoms with Crippen molar-refractivity contribution in [3.05, 3.63) is 38.7 Å². The predicted molar refractivity (Wildman–Crippen MR) is 97.3 cm³/mol. The SMILES string of the molecule is CC(CN)CNC(=O)c1cnc2c(c1)c(=O)n(C)c(=O)n2C.Cl.Cl. The van der Waals surface area contributed by atoms with Gasteiger partial charge < -0.3 is 11.1 Å². The van der Waals surface area contributed by atoms with E-state index in [9.17, 15) is 14.4 Å². The van der Waals surface area contributed by atoms with Gasteiger partial charge in [-0.15, -0.1) is 24.8 Å². The highest BCUT2D eigenvalue weighted by atomic mass is 35.5. The summed E-state index contributed by atoms with van der Waals surface area (Å²) in [6.07, 6.45) is 1.35. The first kappa shape index (κ1) is 22.1. The van der Waals surface area contributed by atoms with Crippen molar-refractivity contribution in [1.29, 1.82) is 0 Å². The maximum Gasteiger partial charge on any atom is 0.332 e. The van der Waals surface area contributed by atoms with Gasteiger partial charge in [-0.05, 0) is 18.5 Å². The summed E-state index contributed by atoms with van der Waals surface area (Å²) in [5.74, 6) is -0.170. The number of pyridine rings is 1. The van der Waals surface area contributed by atoms with Crippen LogP contribution >= 0.6 is 24.8 Å². The molecule has 0 aliphatic rings. The Morgan fingerprint density at radius 2 is 1.92 bits per heavy atom. The number of rotatable bonds is 4. The molecule has 2 rings (SSSR count). The molecule has 0 saturated carbocycles. The Labute approximate surface area is 150 Å². The van der Waals surface area contributed by atoms with E-state index < -0.39 is 11.2 Å². The standard InChI is InChI=1S/C14H19N5O3.2ClH/c1-8(5-15)6-17-12(20)9-4-10-11(16-7-9)18(2)14(22)19(3)13(10)21;;/h4,7-8H,5-6,15H2,1-3H3,(H,17,20);2*1H. The Morgan fingerprint density at radius 3 is 2.50 bits per heavy atom. The number of hydrogen-bond acceptors (Lipinski definition) is 5. The fourth-order valence-electron chi connectivity index (χ4n) is 2.04. The molecule has 2 heterocycles. The quantitative estimate of drug-likeness (QED) is 0.765. The smallest absolute Gasteiger partial charge is 0.332 e. The topological polar surface area (TPSA) is 112 Å². The summed E-state index contributed by atoms with van der Waals surface area (Å²) < 4.78 is 2.26. The number of amides is 1. The minimum atomic E-state index is -0.476. The van der Waals surface area contributed by atoms with Gasteiger partial charge >= 0.3 is 5.69 Å². The van der Waals surface area contributed by atoms with E-state index in [1.807, 2.05) is 6.92 Å². The van der Waals surface area contributed by atoms with E-state index in [1.165, 1.54) is 30.9 Å². The van der Waals surface area contributed by atoms with Crippen LogP contribution in [0.3, 0.4) is 0 Å². The van der Waals surface area contributed by atoms with Crippen LogP contribution in [0.4, 0.5) is 0 Å². The number of aryl methyl sites for hydroxylation is 1. The highest BCUT2D eigenvalue weighted by Crippen LogP contribution is 2.07. The molecule has 0 bridgehead atoms. The molecule has 2 aromatic heterocycles. The summed E-state index contributed by atoms with van der Waals surface area (Å²) in [4.78, 5) is 40.1. The Balaban J connectivity index is 0.00000264. The van der Waals surface area contributed by atoms with Crippen molar-refractivity contribution in [2.24, 2.45) is 25.7 Å². The highest BCUT2D eigenvalue weighted by molar-refractivity contribution is 5.96. The lowest BCUT2D eigenvalue weighted by molar-refractivity contribution is 0.0948. The van der Waals surface area contributed by atoms with Crippen LogP contribution in [-0.2, 0) is 14.1 Å². The van der Waals surface area contributed by atoms with Crippen molar-refractivity contribution in [3.63, 3.8) is 0 Å². The molecule has 0 aromatic carbocycles. The molecule has 0 saturated heterocycles. The van der Waals surface area contributed by atoms with Crippen LogP contribution in [0.1, 0.15) is 17.3 Å². The maximum atomic E-state index is 12.1. The fourth-order valence-corrected chi connectivity index (χ4v) is 2.04. The molecule has 10 heteroatoms. The molecule has 3 N–H and O–H groups in total. The van der Waals surface area contributed by atoms with Crippen molar-refractivity contribution < 1.29 is 4.79 Å². The van der Waals surface area contributed by atoms with E-state index in [0.717, 1.165) is 4.57 Å². The van der Waals surface area contributed by atoms with Crippen LogP contribution in [-0.4, -0.2) is 33.1 Å². The number of fused-ring (bicyclic) bond motifs is 1. The number of aromatic nitrogens is 3. The molecule has 0 radical (unpaired) electrons. The van der Waals surface area contributed by atoms with E-state index in [-0.39, 0.29) is 53.2 Å². The highest BCUT2D eigenvalue weighted by Gasteiger charge is 2.13. The fraction of sp³-hybridized carbons (Fsp3) is 0.429. The van der Waals surface area contributed by atoms with Gasteiger partial charge in [0.15, 0.2) is 0 Å². The Bertz CT molecular complexity index is 847. The van der Waals surface area contributed by atoms with Crippen molar-refractivity contribution in [2.75, 3.05) is 13.1 Å². The second-order valence-electron chi connectivity index (χ2n) is 5.35. The molecule has 1 unspecified atom stereocenters. The van der Waals surface area contributed by atoms with Crippen LogP contribution in [0.2, 0.25) is 0 Å². The molecule has 1 amide bonds. The molecule has 8 nitrogen and oxygen atoms in total. The Morgan fingerprint density at radius 1 is 1.29 bits per heavy atom. The average Bonchev–Trinajstić information content (AvgIpc) is 2.54. The zero-order valence-electron chi connectivity index (χ0n) is 13.6. The van der Waals surface area contributed by atoms with Gasteiger partial charge in [-0.3, -0.25) is 18.7 Å². The lowest BCUT2D eigenvalue weighted by atomic mass is 10.1. The summed E-state index contributed by atoms with van der Waals surface area (Å²) in [6, 6.07) is 1.45. The van der Waals surface area contributed by atoms with Crippen molar-refractivity contribution in [1.82, 2.24) is 19.4 Å². The number of nitrogens with zero attached hydrogens (tertiary/aromatic N) is 3. The molecular formula is C14H21Cl2N5O3. The number of nitrogens with one attached hydrogen (secondary N) is 1. The van der Waals surface area contributed by atoms with Gasteiger partial charge in [-0.2, -0.15) is 0 Å². The summed E-state index contributed by atoms with van der Waals surface area (Å²) in [6.45, 7) is 2.84.